The number of ether oxygens (including phenoxy) is 2. The van der Waals surface area contributed by atoms with Gasteiger partial charge in [0, 0.05) is 54.4 Å². The fourth-order valence-corrected chi connectivity index (χ4v) is 6.60. The third-order valence-corrected chi connectivity index (χ3v) is 9.11. The van der Waals surface area contributed by atoms with Crippen molar-refractivity contribution in [1.82, 2.24) is 14.8 Å². The minimum Gasteiger partial charge on any atom is -0.492 e. The number of halogens is 1. The number of aromatic amines is 1. The fourth-order valence-electron chi connectivity index (χ4n) is 5.29. The highest BCUT2D eigenvalue weighted by Gasteiger charge is 2.31. The maximum atomic E-state index is 15.7. The zero-order chi connectivity index (χ0) is 30.6. The summed E-state index contributed by atoms with van der Waals surface area (Å²) in [5.41, 5.74) is 3.56. The molecule has 2 saturated heterocycles. The molecule has 0 saturated carbocycles. The van der Waals surface area contributed by atoms with Crippen molar-refractivity contribution in [3.8, 4) is 16.9 Å². The average molecular weight is 632 g/mol. The van der Waals surface area contributed by atoms with E-state index in [1.807, 2.05) is 24.3 Å². The first-order valence-electron chi connectivity index (χ1n) is 14.3. The summed E-state index contributed by atoms with van der Waals surface area (Å²) in [6.45, 7) is 4.65. The molecule has 0 aliphatic carbocycles. The first-order chi connectivity index (χ1) is 21.4. The molecule has 6 rings (SSSR count). The number of morpholine rings is 1. The van der Waals surface area contributed by atoms with E-state index in [4.69, 9.17) is 26.8 Å². The Balaban J connectivity index is 1.23. The lowest BCUT2D eigenvalue weighted by atomic mass is 9.99. The first-order valence-corrected chi connectivity index (χ1v) is 15.5. The van der Waals surface area contributed by atoms with Crippen LogP contribution in [0.4, 0.5) is 4.39 Å². The molecule has 226 valence electrons. The summed E-state index contributed by atoms with van der Waals surface area (Å²) >= 11 is 6.75. The molecule has 1 aromatic heterocycles. The van der Waals surface area contributed by atoms with Crippen molar-refractivity contribution in [3.63, 3.8) is 0 Å². The number of rotatable bonds is 10. The fraction of sp³-hybridized carbons (Fsp3) is 0.242. The second kappa shape index (κ2) is 13.3. The van der Waals surface area contributed by atoms with Gasteiger partial charge in [-0.05, 0) is 66.1 Å². The van der Waals surface area contributed by atoms with Gasteiger partial charge in [-0.3, -0.25) is 14.6 Å². The van der Waals surface area contributed by atoms with E-state index < -0.39 is 5.97 Å². The summed E-state index contributed by atoms with van der Waals surface area (Å²) in [4.78, 5) is 31.8. The van der Waals surface area contributed by atoms with E-state index in [9.17, 15) is 9.59 Å². The highest BCUT2D eigenvalue weighted by molar-refractivity contribution is 8.26. The molecule has 0 atom stereocenters. The van der Waals surface area contributed by atoms with Crippen molar-refractivity contribution >= 4 is 57.2 Å². The Kier molecular flexibility index (Phi) is 9.08. The van der Waals surface area contributed by atoms with Crippen LogP contribution in [0.15, 0.2) is 71.8 Å². The topological polar surface area (TPSA) is 95.1 Å². The number of benzene rings is 3. The van der Waals surface area contributed by atoms with Gasteiger partial charge in [0.25, 0.3) is 5.91 Å². The molecule has 44 heavy (non-hydrogen) atoms. The molecular weight excluding hydrogens is 602 g/mol. The van der Waals surface area contributed by atoms with Crippen molar-refractivity contribution in [2.45, 2.75) is 6.42 Å². The van der Waals surface area contributed by atoms with Gasteiger partial charge in [-0.15, -0.1) is 0 Å². The molecule has 0 unspecified atom stereocenters. The van der Waals surface area contributed by atoms with Crippen LogP contribution < -0.4 is 4.74 Å². The number of aromatic carboxylic acids is 1. The lowest BCUT2D eigenvalue weighted by Gasteiger charge is -2.26. The molecular formula is C33H30FN3O5S2. The number of nitrogens with one attached hydrogen (secondary N) is 1. The summed E-state index contributed by atoms with van der Waals surface area (Å²) < 4.78 is 27.8. The minimum absolute atomic E-state index is 0.200. The molecule has 0 radical (unpaired) electrons. The van der Waals surface area contributed by atoms with Crippen molar-refractivity contribution in [3.05, 3.63) is 94.3 Å². The lowest BCUT2D eigenvalue weighted by Crippen LogP contribution is -2.38. The quantitative estimate of drug-likeness (QED) is 0.167. The van der Waals surface area contributed by atoms with E-state index in [2.05, 4.69) is 9.88 Å². The maximum absolute atomic E-state index is 15.7. The number of carbonyl (C=O) groups excluding carboxylic acids is 1. The Morgan fingerprint density at radius 3 is 2.64 bits per heavy atom. The average Bonchev–Trinajstić information content (AvgIpc) is 3.62. The summed E-state index contributed by atoms with van der Waals surface area (Å²) in [7, 11) is 0. The van der Waals surface area contributed by atoms with Gasteiger partial charge in [0.2, 0.25) is 0 Å². The van der Waals surface area contributed by atoms with Crippen LogP contribution >= 0.6 is 24.0 Å². The predicted molar refractivity (Wildman–Crippen MR) is 173 cm³/mol. The van der Waals surface area contributed by atoms with Gasteiger partial charge in [-0.25, -0.2) is 9.18 Å². The number of hydrogen-bond acceptors (Lipinski definition) is 7. The molecule has 3 aromatic carbocycles. The van der Waals surface area contributed by atoms with Crippen LogP contribution in [0.25, 0.3) is 28.1 Å². The van der Waals surface area contributed by atoms with E-state index in [1.165, 1.54) is 11.8 Å². The molecule has 1 amide bonds. The second-order valence-electron chi connectivity index (χ2n) is 10.5. The van der Waals surface area contributed by atoms with Crippen molar-refractivity contribution in [1.29, 1.82) is 0 Å². The molecule has 3 heterocycles. The number of thiocarbonyl (C=S) groups is 1. The molecule has 4 aromatic rings. The Morgan fingerprint density at radius 1 is 1.07 bits per heavy atom. The predicted octanol–water partition coefficient (Wildman–Crippen LogP) is 5.83. The number of thioether (sulfide) groups is 1. The zero-order valence-corrected chi connectivity index (χ0v) is 25.4. The van der Waals surface area contributed by atoms with Gasteiger partial charge >= 0.3 is 5.97 Å². The van der Waals surface area contributed by atoms with Gasteiger partial charge in [-0.2, -0.15) is 0 Å². The smallest absolute Gasteiger partial charge is 0.335 e. The van der Waals surface area contributed by atoms with Crippen LogP contribution in [0.5, 0.6) is 5.75 Å². The molecule has 0 spiro atoms. The summed E-state index contributed by atoms with van der Waals surface area (Å²) in [6.07, 6.45) is 4.01. The second-order valence-corrected chi connectivity index (χ2v) is 12.2. The number of carboxylic acid groups (broad SMARTS) is 1. The molecule has 2 aliphatic rings. The van der Waals surface area contributed by atoms with E-state index in [0.29, 0.717) is 69.8 Å². The molecule has 8 nitrogen and oxygen atoms in total. The minimum atomic E-state index is -0.984. The normalized spacial score (nSPS) is 16.8. The third-order valence-electron chi connectivity index (χ3n) is 7.73. The van der Waals surface area contributed by atoms with Crippen LogP contribution in [0.1, 0.15) is 21.5 Å². The highest BCUT2D eigenvalue weighted by atomic mass is 32.2. The lowest BCUT2D eigenvalue weighted by molar-refractivity contribution is -0.122. The third kappa shape index (κ3) is 6.56. The van der Waals surface area contributed by atoms with Gasteiger partial charge < -0.3 is 19.6 Å². The summed E-state index contributed by atoms with van der Waals surface area (Å²) in [5, 5.41) is 9.61. The van der Waals surface area contributed by atoms with Gasteiger partial charge in [0.05, 0.1) is 23.7 Å². The van der Waals surface area contributed by atoms with Crippen LogP contribution in [-0.4, -0.2) is 82.1 Å². The largest absolute Gasteiger partial charge is 0.492 e. The number of carboxylic acids is 1. The molecule has 2 N–H and O–H groups in total. The van der Waals surface area contributed by atoms with E-state index in [1.54, 1.807) is 53.6 Å². The Bertz CT molecular complexity index is 1750. The maximum Gasteiger partial charge on any atom is 0.335 e. The van der Waals surface area contributed by atoms with Gasteiger partial charge in [-0.1, -0.05) is 42.2 Å². The summed E-state index contributed by atoms with van der Waals surface area (Å²) in [6, 6.07) is 17.4. The zero-order valence-electron chi connectivity index (χ0n) is 23.8. The van der Waals surface area contributed by atoms with Crippen LogP contribution in [0, 0.1) is 5.82 Å². The number of H-pyrrole nitrogens is 1. The van der Waals surface area contributed by atoms with Crippen LogP contribution in [0.3, 0.4) is 0 Å². The number of carbonyl (C=O) groups is 2. The van der Waals surface area contributed by atoms with Crippen LogP contribution in [0.2, 0.25) is 0 Å². The van der Waals surface area contributed by atoms with Crippen molar-refractivity contribution < 1.29 is 28.6 Å². The Hall–Kier alpha value is -4.03. The molecule has 2 fully saturated rings. The standard InChI is InChI=1S/C33H30FN3O5S2/c34-30-24(6-7-27-25(30)9-11-35-27)26-19-22(3-8-28(26)42-18-15-36-13-16-41-17-14-36)20-29-31(38)37(33(43)44-29)12-10-21-1-4-23(5-2-21)32(39)40/h1-9,11,19-20,35H,10,12-18H2,(H,39,40)/b29-20-. The van der Waals surface area contributed by atoms with Crippen molar-refractivity contribution in [2.75, 3.05) is 46.0 Å². The van der Waals surface area contributed by atoms with Gasteiger partial charge in [0.1, 0.15) is 22.5 Å². The number of amides is 1. The number of fused-ring (bicyclic) bond motifs is 1. The molecule has 0 bridgehead atoms. The number of aromatic nitrogens is 1. The van der Waals surface area contributed by atoms with E-state index >= 15 is 4.39 Å². The first kappa shape index (κ1) is 30.0. The summed E-state index contributed by atoms with van der Waals surface area (Å²) in [5.74, 6) is -0.969. The number of hydrogen-bond donors (Lipinski definition) is 2. The van der Waals surface area contributed by atoms with E-state index in [0.717, 1.165) is 30.8 Å². The SMILES string of the molecule is O=C(O)c1ccc(CCN2C(=O)/C(=C/c3ccc(OCCN4CCOCC4)c(-c4ccc5[nH]ccc5c4F)c3)SC2=S)cc1. The Morgan fingerprint density at radius 2 is 1.86 bits per heavy atom. The Labute approximate surface area is 263 Å². The molecule has 11 heteroatoms. The molecule has 2 aliphatic heterocycles. The number of nitrogens with zero attached hydrogens (tertiary/aromatic N) is 2. The highest BCUT2D eigenvalue weighted by Crippen LogP contribution is 2.38. The monoisotopic (exact) mass is 631 g/mol. The van der Waals surface area contributed by atoms with Gasteiger partial charge in [0.15, 0.2) is 0 Å². The van der Waals surface area contributed by atoms with Crippen molar-refractivity contribution in [2.24, 2.45) is 0 Å². The van der Waals surface area contributed by atoms with Crippen LogP contribution in [-0.2, 0) is 16.0 Å². The van der Waals surface area contributed by atoms with E-state index in [-0.39, 0.29) is 17.3 Å².